The third-order valence-corrected chi connectivity index (χ3v) is 5.09. The molecule has 2 aliphatic carbocycles. The van der Waals surface area contributed by atoms with Gasteiger partial charge in [-0.25, -0.2) is 0 Å². The molecule has 0 bridgehead atoms. The second-order valence-corrected chi connectivity index (χ2v) is 7.10. The fourth-order valence-corrected chi connectivity index (χ4v) is 4.04. The van der Waals surface area contributed by atoms with Crippen molar-refractivity contribution in [1.29, 1.82) is 0 Å². The van der Waals surface area contributed by atoms with Crippen LogP contribution < -0.4 is 5.32 Å². The Morgan fingerprint density at radius 3 is 2.48 bits per heavy atom. The van der Waals surface area contributed by atoms with Gasteiger partial charge in [0, 0.05) is 25.2 Å². The van der Waals surface area contributed by atoms with Gasteiger partial charge in [-0.3, -0.25) is 15.0 Å². The number of morpholine rings is 1. The minimum atomic E-state index is -0.453. The Morgan fingerprint density at radius 2 is 1.90 bits per heavy atom. The van der Waals surface area contributed by atoms with Crippen LogP contribution in [0.1, 0.15) is 46.0 Å². The number of hydrogen-bond acceptors (Lipinski definition) is 5. The Hall–Kier alpha value is -0.650. The Kier molecular flexibility index (Phi) is 4.26. The summed E-state index contributed by atoms with van der Waals surface area (Å²) in [6.45, 7) is 6.20. The van der Waals surface area contributed by atoms with Crippen molar-refractivity contribution in [1.82, 2.24) is 10.2 Å². The molecule has 1 aliphatic heterocycles. The van der Waals surface area contributed by atoms with Crippen LogP contribution in [0.3, 0.4) is 0 Å². The summed E-state index contributed by atoms with van der Waals surface area (Å²) in [4.78, 5) is 14.8. The van der Waals surface area contributed by atoms with Gasteiger partial charge in [-0.15, -0.1) is 0 Å². The standard InChI is InChI=1S/C16H28N2O3/c1-11-9-18(10-12(2)21-11)14-6-7-16(8-14,15(19)20-3)17-13-4-5-13/h11-14,17H,4-10H2,1-3H3. The predicted octanol–water partition coefficient (Wildman–Crippen LogP) is 1.31. The molecule has 0 radical (unpaired) electrons. The van der Waals surface area contributed by atoms with Crippen LogP contribution in [-0.4, -0.2) is 60.9 Å². The molecule has 0 spiro atoms. The van der Waals surface area contributed by atoms with E-state index in [1.807, 2.05) is 0 Å². The van der Waals surface area contributed by atoms with Crippen LogP contribution in [0.2, 0.25) is 0 Å². The van der Waals surface area contributed by atoms with E-state index in [4.69, 9.17) is 9.47 Å². The van der Waals surface area contributed by atoms with Gasteiger partial charge in [0.1, 0.15) is 5.54 Å². The van der Waals surface area contributed by atoms with Crippen LogP contribution in [0.25, 0.3) is 0 Å². The molecule has 0 aromatic rings. The zero-order valence-electron chi connectivity index (χ0n) is 13.4. The van der Waals surface area contributed by atoms with Crippen molar-refractivity contribution in [2.45, 2.75) is 75.8 Å². The smallest absolute Gasteiger partial charge is 0.326 e. The molecule has 120 valence electrons. The number of rotatable bonds is 4. The monoisotopic (exact) mass is 296 g/mol. The minimum Gasteiger partial charge on any atom is -0.468 e. The third-order valence-electron chi connectivity index (χ3n) is 5.09. The van der Waals surface area contributed by atoms with Gasteiger partial charge in [-0.2, -0.15) is 0 Å². The molecule has 2 saturated carbocycles. The van der Waals surface area contributed by atoms with Crippen LogP contribution in [-0.2, 0) is 14.3 Å². The van der Waals surface area contributed by atoms with Gasteiger partial charge >= 0.3 is 5.97 Å². The van der Waals surface area contributed by atoms with E-state index in [2.05, 4.69) is 24.1 Å². The molecular formula is C16H28N2O3. The van der Waals surface area contributed by atoms with Crippen LogP contribution in [0.5, 0.6) is 0 Å². The molecule has 5 nitrogen and oxygen atoms in total. The Bertz CT molecular complexity index is 389. The summed E-state index contributed by atoms with van der Waals surface area (Å²) in [6.07, 6.45) is 5.76. The molecule has 1 N–H and O–H groups in total. The van der Waals surface area contributed by atoms with Gasteiger partial charge in [-0.05, 0) is 46.0 Å². The first-order chi connectivity index (χ1) is 10.0. The normalized spacial score (nSPS) is 41.2. The molecule has 0 aromatic heterocycles. The second-order valence-electron chi connectivity index (χ2n) is 7.10. The number of ether oxygens (including phenoxy) is 2. The highest BCUT2D eigenvalue weighted by Crippen LogP contribution is 2.38. The quantitative estimate of drug-likeness (QED) is 0.793. The third kappa shape index (κ3) is 3.25. The number of esters is 1. The van der Waals surface area contributed by atoms with Gasteiger partial charge in [0.05, 0.1) is 19.3 Å². The lowest BCUT2D eigenvalue weighted by atomic mass is 9.96. The zero-order chi connectivity index (χ0) is 15.0. The predicted molar refractivity (Wildman–Crippen MR) is 80.1 cm³/mol. The number of nitrogens with zero attached hydrogens (tertiary/aromatic N) is 1. The van der Waals surface area contributed by atoms with E-state index >= 15 is 0 Å². The van der Waals surface area contributed by atoms with Crippen LogP contribution >= 0.6 is 0 Å². The largest absolute Gasteiger partial charge is 0.468 e. The molecule has 4 unspecified atom stereocenters. The number of methoxy groups -OCH3 is 1. The Morgan fingerprint density at radius 1 is 1.24 bits per heavy atom. The van der Waals surface area contributed by atoms with Gasteiger partial charge in [0.25, 0.3) is 0 Å². The number of carbonyl (C=O) groups excluding carboxylic acids is 1. The maximum absolute atomic E-state index is 12.3. The molecule has 1 heterocycles. The summed E-state index contributed by atoms with van der Waals surface area (Å²) in [5, 5.41) is 3.58. The lowest BCUT2D eigenvalue weighted by Crippen LogP contribution is -2.54. The average molecular weight is 296 g/mol. The summed E-state index contributed by atoms with van der Waals surface area (Å²) in [5.41, 5.74) is -0.453. The van der Waals surface area contributed by atoms with Crippen molar-refractivity contribution in [3.63, 3.8) is 0 Å². The van der Waals surface area contributed by atoms with E-state index in [9.17, 15) is 4.79 Å². The first kappa shape index (κ1) is 15.3. The highest BCUT2D eigenvalue weighted by molar-refractivity contribution is 5.81. The maximum Gasteiger partial charge on any atom is 0.326 e. The van der Waals surface area contributed by atoms with Crippen LogP contribution in [0.4, 0.5) is 0 Å². The SMILES string of the molecule is COC(=O)C1(NC2CC2)CCC(N2CC(C)OC(C)C2)C1. The van der Waals surface area contributed by atoms with Crippen LogP contribution in [0, 0.1) is 0 Å². The lowest BCUT2D eigenvalue weighted by molar-refractivity contribution is -0.148. The second kappa shape index (κ2) is 5.86. The topological polar surface area (TPSA) is 50.8 Å². The summed E-state index contributed by atoms with van der Waals surface area (Å²) in [5.74, 6) is -0.0775. The fourth-order valence-electron chi connectivity index (χ4n) is 4.04. The Balaban J connectivity index is 1.67. The lowest BCUT2D eigenvalue weighted by Gasteiger charge is -2.39. The summed E-state index contributed by atoms with van der Waals surface area (Å²) < 4.78 is 10.9. The van der Waals surface area contributed by atoms with E-state index in [-0.39, 0.29) is 18.2 Å². The maximum atomic E-state index is 12.3. The van der Waals surface area contributed by atoms with Gasteiger partial charge in [-0.1, -0.05) is 0 Å². The average Bonchev–Trinajstić information content (AvgIpc) is 3.13. The highest BCUT2D eigenvalue weighted by atomic mass is 16.5. The van der Waals surface area contributed by atoms with E-state index in [1.165, 1.54) is 20.0 Å². The zero-order valence-corrected chi connectivity index (χ0v) is 13.4. The number of hydrogen-bond donors (Lipinski definition) is 1. The number of carbonyl (C=O) groups is 1. The molecule has 5 heteroatoms. The molecule has 3 rings (SSSR count). The minimum absolute atomic E-state index is 0.0775. The molecule has 4 atom stereocenters. The molecular weight excluding hydrogens is 268 g/mol. The Labute approximate surface area is 127 Å². The number of nitrogens with one attached hydrogen (secondary N) is 1. The fraction of sp³-hybridized carbons (Fsp3) is 0.938. The van der Waals surface area contributed by atoms with Crippen molar-refractivity contribution in [2.75, 3.05) is 20.2 Å². The first-order valence-electron chi connectivity index (χ1n) is 8.28. The molecule has 0 aromatic carbocycles. The van der Waals surface area contributed by atoms with Crippen molar-refractivity contribution in [2.24, 2.45) is 0 Å². The van der Waals surface area contributed by atoms with E-state index in [0.717, 1.165) is 32.4 Å². The molecule has 0 amide bonds. The van der Waals surface area contributed by atoms with Gasteiger partial charge in [0.2, 0.25) is 0 Å². The van der Waals surface area contributed by atoms with E-state index < -0.39 is 5.54 Å². The summed E-state index contributed by atoms with van der Waals surface area (Å²) in [6, 6.07) is 0.981. The van der Waals surface area contributed by atoms with Crippen molar-refractivity contribution in [3.05, 3.63) is 0 Å². The molecule has 21 heavy (non-hydrogen) atoms. The van der Waals surface area contributed by atoms with E-state index in [0.29, 0.717) is 12.1 Å². The van der Waals surface area contributed by atoms with Crippen molar-refractivity contribution < 1.29 is 14.3 Å². The summed E-state index contributed by atoms with van der Waals surface area (Å²) in [7, 11) is 1.50. The van der Waals surface area contributed by atoms with Crippen molar-refractivity contribution in [3.8, 4) is 0 Å². The summed E-state index contributed by atoms with van der Waals surface area (Å²) >= 11 is 0. The highest BCUT2D eigenvalue weighted by Gasteiger charge is 2.50. The van der Waals surface area contributed by atoms with E-state index in [1.54, 1.807) is 0 Å². The molecule has 3 fully saturated rings. The molecule has 3 aliphatic rings. The van der Waals surface area contributed by atoms with Gasteiger partial charge in [0.15, 0.2) is 0 Å². The van der Waals surface area contributed by atoms with Crippen molar-refractivity contribution >= 4 is 5.97 Å². The first-order valence-corrected chi connectivity index (χ1v) is 8.28. The van der Waals surface area contributed by atoms with Crippen LogP contribution in [0.15, 0.2) is 0 Å². The molecule has 1 saturated heterocycles. The van der Waals surface area contributed by atoms with Gasteiger partial charge < -0.3 is 9.47 Å².